The summed E-state index contributed by atoms with van der Waals surface area (Å²) in [5.41, 5.74) is 0. The number of phosphoric acid groups is 1. The van der Waals surface area contributed by atoms with Crippen LogP contribution in [-0.4, -0.2) is 69.4 Å². The number of carbonyl (C=O) groups is 2. The van der Waals surface area contributed by atoms with Gasteiger partial charge in [0.1, 0.15) is 19.3 Å². The van der Waals surface area contributed by atoms with Gasteiger partial charge in [0.05, 0.1) is 33.8 Å². The van der Waals surface area contributed by atoms with Crippen molar-refractivity contribution < 1.29 is 37.3 Å². The van der Waals surface area contributed by atoms with Gasteiger partial charge in [-0.1, -0.05) is 214 Å². The molecule has 1 amide bonds. The number of rotatable bonds is 48. The molecule has 70 heavy (non-hydrogen) atoms. The number of hydrogen-bond donors (Lipinski definition) is 1. The molecule has 0 bridgehead atoms. The summed E-state index contributed by atoms with van der Waals surface area (Å²) < 4.78 is 30.1. The predicted octanol–water partition coefficient (Wildman–Crippen LogP) is 16.0. The molecule has 0 aromatic rings. The van der Waals surface area contributed by atoms with E-state index in [2.05, 4.69) is 123 Å². The molecule has 0 heterocycles. The number of phosphoric ester groups is 1. The molecule has 10 heteroatoms. The van der Waals surface area contributed by atoms with Crippen LogP contribution < -0.4 is 10.2 Å². The van der Waals surface area contributed by atoms with Crippen LogP contribution in [0.25, 0.3) is 0 Å². The van der Waals surface area contributed by atoms with E-state index in [1.807, 2.05) is 27.2 Å². The molecule has 0 rings (SSSR count). The van der Waals surface area contributed by atoms with Gasteiger partial charge in [0.25, 0.3) is 7.82 Å². The molecule has 0 aliphatic rings. The molecular formula is C60H103N2O7P. The van der Waals surface area contributed by atoms with Crippen LogP contribution in [0, 0.1) is 0 Å². The molecule has 3 atom stereocenters. The Hall–Kier alpha value is -3.33. The van der Waals surface area contributed by atoms with Crippen molar-refractivity contribution in [2.45, 2.75) is 219 Å². The molecule has 0 saturated carbocycles. The number of nitrogens with one attached hydrogen (secondary N) is 1. The SMILES string of the molecule is CC/C=C\C/C=C\C/C=C\C/C=C\C/C=C\CCCC(=O)NC(COP(=O)([O-])OCC[N+](C)(C)C)C(/C=C/CCCCCCCCCCCC)OC(=O)CCCCCCCCC/C=C/C=C/C=C/CC. The number of allylic oxidation sites excluding steroid dienone is 17. The predicted molar refractivity (Wildman–Crippen MR) is 297 cm³/mol. The molecule has 0 aliphatic carbocycles. The van der Waals surface area contributed by atoms with Crippen LogP contribution in [0.2, 0.25) is 0 Å². The van der Waals surface area contributed by atoms with Gasteiger partial charge < -0.3 is 28.5 Å². The van der Waals surface area contributed by atoms with E-state index in [4.69, 9.17) is 13.8 Å². The van der Waals surface area contributed by atoms with Crippen molar-refractivity contribution in [3.05, 3.63) is 109 Å². The number of hydrogen-bond acceptors (Lipinski definition) is 7. The topological polar surface area (TPSA) is 114 Å². The third-order valence-corrected chi connectivity index (χ3v) is 12.5. The van der Waals surface area contributed by atoms with Gasteiger partial charge in [0.2, 0.25) is 5.91 Å². The van der Waals surface area contributed by atoms with E-state index >= 15 is 0 Å². The van der Waals surface area contributed by atoms with Crippen LogP contribution in [0.3, 0.4) is 0 Å². The van der Waals surface area contributed by atoms with Crippen molar-refractivity contribution in [2.24, 2.45) is 0 Å². The Morgan fingerprint density at radius 1 is 0.529 bits per heavy atom. The van der Waals surface area contributed by atoms with E-state index in [9.17, 15) is 19.0 Å². The fraction of sp³-hybridized carbons (Fsp3) is 0.667. The largest absolute Gasteiger partial charge is 0.756 e. The maximum Gasteiger partial charge on any atom is 0.306 e. The Labute approximate surface area is 430 Å². The highest BCUT2D eigenvalue weighted by molar-refractivity contribution is 7.45. The molecule has 0 saturated heterocycles. The van der Waals surface area contributed by atoms with Crippen molar-refractivity contribution in [3.63, 3.8) is 0 Å². The molecule has 0 aromatic carbocycles. The van der Waals surface area contributed by atoms with Crippen molar-refractivity contribution in [3.8, 4) is 0 Å². The van der Waals surface area contributed by atoms with Gasteiger partial charge in [-0.3, -0.25) is 14.2 Å². The molecule has 3 unspecified atom stereocenters. The standard InChI is InChI=1S/C60H103N2O7P/c1-7-10-13-16-19-22-25-28-30-31-33-34-37-40-43-46-49-52-59(63)61-57(56-68-70(65,66)67-55-54-62(4,5)6)58(51-48-45-42-39-36-27-24-21-18-15-12-9-3)69-60(64)53-50-47-44-41-38-35-32-29-26-23-20-17-14-11-8-2/h10-11,13-14,17,19-20,22-23,26,28,30,33-34,40,43,48,51,57-58H,7-9,12,15-16,18,21,24-25,27,29,31-32,35-39,41-42,44-47,49-50,52-56H2,1-6H3,(H-,61,63,65,66)/b13-10-,14-11+,20-17+,22-19-,26-23+,30-28-,34-33-,43-40-,51-48+. The van der Waals surface area contributed by atoms with Crippen molar-refractivity contribution in [1.82, 2.24) is 5.32 Å². The first-order valence-corrected chi connectivity index (χ1v) is 29.2. The number of likely N-dealkylation sites (N-methyl/N-ethyl adjacent to an activating group) is 1. The summed E-state index contributed by atoms with van der Waals surface area (Å²) in [4.78, 5) is 39.8. The Balaban J connectivity index is 5.50. The van der Waals surface area contributed by atoms with Crippen molar-refractivity contribution in [2.75, 3.05) is 40.9 Å². The molecule has 0 aromatic heterocycles. The first-order chi connectivity index (χ1) is 33.9. The number of esters is 1. The number of amides is 1. The van der Waals surface area contributed by atoms with Crippen LogP contribution in [0.4, 0.5) is 0 Å². The van der Waals surface area contributed by atoms with E-state index in [0.29, 0.717) is 23.9 Å². The van der Waals surface area contributed by atoms with E-state index in [-0.39, 0.29) is 31.3 Å². The summed E-state index contributed by atoms with van der Waals surface area (Å²) >= 11 is 0. The van der Waals surface area contributed by atoms with Crippen molar-refractivity contribution in [1.29, 1.82) is 0 Å². The molecule has 1 N–H and O–H groups in total. The lowest BCUT2D eigenvalue weighted by Crippen LogP contribution is -2.47. The smallest absolute Gasteiger partial charge is 0.306 e. The van der Waals surface area contributed by atoms with Gasteiger partial charge in [0.15, 0.2) is 0 Å². The monoisotopic (exact) mass is 995 g/mol. The summed E-state index contributed by atoms with van der Waals surface area (Å²) in [7, 11) is 1.12. The van der Waals surface area contributed by atoms with E-state index < -0.39 is 26.6 Å². The number of unbranched alkanes of at least 4 members (excludes halogenated alkanes) is 18. The minimum atomic E-state index is -4.72. The van der Waals surface area contributed by atoms with Crippen LogP contribution in [0.15, 0.2) is 109 Å². The lowest BCUT2D eigenvalue weighted by atomic mass is 10.1. The molecule has 9 nitrogen and oxygen atoms in total. The summed E-state index contributed by atoms with van der Waals surface area (Å²) in [6.45, 7) is 6.51. The van der Waals surface area contributed by atoms with Crippen molar-refractivity contribution >= 4 is 19.7 Å². The molecule has 0 aliphatic heterocycles. The minimum Gasteiger partial charge on any atom is -0.756 e. The van der Waals surface area contributed by atoms with Gasteiger partial charge in [-0.05, 0) is 89.5 Å². The highest BCUT2D eigenvalue weighted by Gasteiger charge is 2.27. The Morgan fingerprint density at radius 2 is 1.00 bits per heavy atom. The summed E-state index contributed by atoms with van der Waals surface area (Å²) in [6.07, 6.45) is 66.3. The lowest BCUT2D eigenvalue weighted by molar-refractivity contribution is -0.870. The molecule has 0 spiro atoms. The maximum atomic E-state index is 13.4. The molecule has 0 radical (unpaired) electrons. The third-order valence-electron chi connectivity index (χ3n) is 11.5. The second-order valence-electron chi connectivity index (χ2n) is 19.4. The van der Waals surface area contributed by atoms with Gasteiger partial charge >= 0.3 is 5.97 Å². The second kappa shape index (κ2) is 49.3. The third kappa shape index (κ3) is 49.6. The summed E-state index contributed by atoms with van der Waals surface area (Å²) in [6, 6.07) is -0.929. The van der Waals surface area contributed by atoms with Gasteiger partial charge in [0, 0.05) is 12.8 Å². The summed E-state index contributed by atoms with van der Waals surface area (Å²) in [5.74, 6) is -0.633. The fourth-order valence-corrected chi connectivity index (χ4v) is 7.98. The Bertz CT molecular complexity index is 1570. The van der Waals surface area contributed by atoms with Crippen LogP contribution in [-0.2, 0) is 27.9 Å². The molecular weight excluding hydrogens is 892 g/mol. The maximum absolute atomic E-state index is 13.4. The number of carbonyl (C=O) groups excluding carboxylic acids is 2. The van der Waals surface area contributed by atoms with Crippen LogP contribution in [0.1, 0.15) is 207 Å². The number of quaternary nitrogens is 1. The quantitative estimate of drug-likeness (QED) is 0.0161. The Morgan fingerprint density at radius 3 is 1.54 bits per heavy atom. The van der Waals surface area contributed by atoms with Crippen LogP contribution in [0.5, 0.6) is 0 Å². The minimum absolute atomic E-state index is 0.0408. The number of ether oxygens (including phenoxy) is 1. The molecule has 400 valence electrons. The van der Waals surface area contributed by atoms with Gasteiger partial charge in [-0.2, -0.15) is 0 Å². The average Bonchev–Trinajstić information content (AvgIpc) is 3.32. The van der Waals surface area contributed by atoms with E-state index in [1.54, 1.807) is 6.08 Å². The Kier molecular flexibility index (Phi) is 46.9. The second-order valence-corrected chi connectivity index (χ2v) is 20.8. The van der Waals surface area contributed by atoms with Crippen LogP contribution >= 0.6 is 7.82 Å². The molecule has 0 fully saturated rings. The van der Waals surface area contributed by atoms with Gasteiger partial charge in [-0.15, -0.1) is 0 Å². The zero-order valence-corrected chi connectivity index (χ0v) is 46.3. The lowest BCUT2D eigenvalue weighted by Gasteiger charge is -2.30. The first kappa shape index (κ1) is 66.7. The van der Waals surface area contributed by atoms with E-state index in [0.717, 1.165) is 89.9 Å². The highest BCUT2D eigenvalue weighted by atomic mass is 31.2. The zero-order valence-electron chi connectivity index (χ0n) is 45.4. The zero-order chi connectivity index (χ0) is 51.5. The average molecular weight is 995 g/mol. The number of nitrogens with zero attached hydrogens (tertiary/aromatic N) is 1. The fourth-order valence-electron chi connectivity index (χ4n) is 7.26. The normalized spacial score (nSPS) is 14.7. The summed E-state index contributed by atoms with van der Waals surface area (Å²) in [5, 5.41) is 2.98. The first-order valence-electron chi connectivity index (χ1n) is 27.7. The van der Waals surface area contributed by atoms with E-state index in [1.165, 1.54) is 70.6 Å². The van der Waals surface area contributed by atoms with Gasteiger partial charge in [-0.25, -0.2) is 0 Å². The highest BCUT2D eigenvalue weighted by Crippen LogP contribution is 2.38.